The molecule has 4 heteroatoms. The lowest BCUT2D eigenvalue weighted by atomic mass is 10.3. The Bertz CT molecular complexity index is 288. The fraction of sp³-hybridized carbons (Fsp3) is 0.143. The second kappa shape index (κ2) is 3.01. The number of nitrogens with zero attached hydrogens (tertiary/aromatic N) is 1. The van der Waals surface area contributed by atoms with E-state index in [9.17, 15) is 4.79 Å². The Morgan fingerprint density at radius 2 is 2.55 bits per heavy atom. The van der Waals surface area contributed by atoms with Crippen LogP contribution < -0.4 is 5.73 Å². The summed E-state index contributed by atoms with van der Waals surface area (Å²) in [5.41, 5.74) is 5.46. The minimum atomic E-state index is -0.495. The van der Waals surface area contributed by atoms with Crippen LogP contribution in [0.3, 0.4) is 0 Å². The highest BCUT2D eigenvalue weighted by molar-refractivity contribution is 5.89. The zero-order chi connectivity index (χ0) is 8.27. The molecule has 0 bridgehead atoms. The van der Waals surface area contributed by atoms with Crippen molar-refractivity contribution in [3.63, 3.8) is 0 Å². The first-order valence-corrected chi connectivity index (χ1v) is 3.09. The van der Waals surface area contributed by atoms with Crippen LogP contribution in [0.4, 0.5) is 0 Å². The standard InChI is InChI=1S/C7H8N2O2/c1-5-4-6(9-11-5)2-3-7(8)10/h2-4H,1H3,(H2,8,10)/b3-2-. The van der Waals surface area contributed by atoms with Gasteiger partial charge in [0, 0.05) is 12.1 Å². The van der Waals surface area contributed by atoms with E-state index in [1.54, 1.807) is 13.0 Å². The smallest absolute Gasteiger partial charge is 0.241 e. The van der Waals surface area contributed by atoms with Gasteiger partial charge in [0.05, 0.1) is 0 Å². The largest absolute Gasteiger partial charge is 0.366 e. The number of nitrogens with two attached hydrogens (primary N) is 1. The molecule has 0 saturated carbocycles. The zero-order valence-electron chi connectivity index (χ0n) is 6.07. The highest BCUT2D eigenvalue weighted by atomic mass is 16.5. The number of aryl methyl sites for hydroxylation is 1. The van der Waals surface area contributed by atoms with Crippen LogP contribution in [0.1, 0.15) is 11.5 Å². The molecule has 4 nitrogen and oxygen atoms in total. The fourth-order valence-electron chi connectivity index (χ4n) is 0.632. The van der Waals surface area contributed by atoms with Gasteiger partial charge in [-0.3, -0.25) is 4.79 Å². The van der Waals surface area contributed by atoms with Crippen molar-refractivity contribution in [2.45, 2.75) is 6.92 Å². The Hall–Kier alpha value is -1.58. The van der Waals surface area contributed by atoms with E-state index in [1.807, 2.05) is 0 Å². The molecule has 0 aliphatic carbocycles. The van der Waals surface area contributed by atoms with Gasteiger partial charge in [-0.1, -0.05) is 5.16 Å². The van der Waals surface area contributed by atoms with E-state index in [1.165, 1.54) is 12.2 Å². The molecule has 0 spiro atoms. The molecule has 1 aromatic heterocycles. The lowest BCUT2D eigenvalue weighted by molar-refractivity contribution is -0.113. The van der Waals surface area contributed by atoms with Crippen LogP contribution in [-0.2, 0) is 4.79 Å². The van der Waals surface area contributed by atoms with Crippen molar-refractivity contribution in [1.82, 2.24) is 5.16 Å². The van der Waals surface area contributed by atoms with Crippen molar-refractivity contribution in [1.29, 1.82) is 0 Å². The number of hydrogen-bond donors (Lipinski definition) is 1. The predicted octanol–water partition coefficient (Wildman–Crippen LogP) is 0.482. The summed E-state index contributed by atoms with van der Waals surface area (Å²) >= 11 is 0. The van der Waals surface area contributed by atoms with Gasteiger partial charge >= 0.3 is 0 Å². The molecule has 1 amide bonds. The van der Waals surface area contributed by atoms with Crippen LogP contribution in [0.25, 0.3) is 6.08 Å². The molecule has 1 aromatic rings. The highest BCUT2D eigenvalue weighted by Gasteiger charge is 1.94. The Morgan fingerprint density at radius 3 is 3.00 bits per heavy atom. The molecule has 0 saturated heterocycles. The lowest BCUT2D eigenvalue weighted by Crippen LogP contribution is -2.05. The maximum atomic E-state index is 10.3. The number of amides is 1. The van der Waals surface area contributed by atoms with Crippen molar-refractivity contribution < 1.29 is 9.32 Å². The molecule has 58 valence electrons. The van der Waals surface area contributed by atoms with Gasteiger partial charge in [-0.05, 0) is 13.0 Å². The number of primary amides is 1. The third-order valence-corrected chi connectivity index (χ3v) is 1.06. The van der Waals surface area contributed by atoms with Gasteiger partial charge in [0.25, 0.3) is 0 Å². The topological polar surface area (TPSA) is 69.1 Å². The van der Waals surface area contributed by atoms with Crippen molar-refractivity contribution in [2.24, 2.45) is 5.73 Å². The first-order valence-electron chi connectivity index (χ1n) is 3.09. The average Bonchev–Trinajstić information content (AvgIpc) is 2.31. The van der Waals surface area contributed by atoms with E-state index in [2.05, 4.69) is 5.16 Å². The third kappa shape index (κ3) is 2.25. The monoisotopic (exact) mass is 152 g/mol. The van der Waals surface area contributed by atoms with Gasteiger partial charge in [-0.2, -0.15) is 0 Å². The summed E-state index contributed by atoms with van der Waals surface area (Å²) in [5.74, 6) is 0.208. The van der Waals surface area contributed by atoms with E-state index in [4.69, 9.17) is 10.3 Å². The quantitative estimate of drug-likeness (QED) is 0.626. The molecule has 1 rings (SSSR count). The lowest BCUT2D eigenvalue weighted by Gasteiger charge is -1.77. The minimum absolute atomic E-state index is 0.495. The number of hydrogen-bond acceptors (Lipinski definition) is 3. The molecule has 0 aromatic carbocycles. The molecule has 2 N–H and O–H groups in total. The summed E-state index contributed by atoms with van der Waals surface area (Å²) in [5, 5.41) is 3.62. The molecular formula is C7H8N2O2. The highest BCUT2D eigenvalue weighted by Crippen LogP contribution is 2.02. The van der Waals surface area contributed by atoms with Gasteiger partial charge in [-0.15, -0.1) is 0 Å². The number of rotatable bonds is 2. The van der Waals surface area contributed by atoms with Gasteiger partial charge in [0.2, 0.25) is 5.91 Å². The molecule has 0 atom stereocenters. The van der Waals surface area contributed by atoms with Crippen molar-refractivity contribution in [2.75, 3.05) is 0 Å². The Labute approximate surface area is 63.7 Å². The van der Waals surface area contributed by atoms with E-state index in [0.29, 0.717) is 11.5 Å². The first kappa shape index (κ1) is 7.53. The molecule has 0 aliphatic heterocycles. The van der Waals surface area contributed by atoms with Crippen LogP contribution in [0.15, 0.2) is 16.7 Å². The molecular weight excluding hydrogens is 144 g/mol. The van der Waals surface area contributed by atoms with Crippen LogP contribution in [0.5, 0.6) is 0 Å². The second-order valence-electron chi connectivity index (χ2n) is 2.10. The Balaban J connectivity index is 2.71. The molecule has 0 unspecified atom stereocenters. The van der Waals surface area contributed by atoms with Crippen LogP contribution in [-0.4, -0.2) is 11.1 Å². The Kier molecular flexibility index (Phi) is 2.06. The Morgan fingerprint density at radius 1 is 1.82 bits per heavy atom. The average molecular weight is 152 g/mol. The third-order valence-electron chi connectivity index (χ3n) is 1.06. The summed E-state index contributed by atoms with van der Waals surface area (Å²) < 4.78 is 4.74. The van der Waals surface area contributed by atoms with Crippen molar-refractivity contribution >= 4 is 12.0 Å². The maximum Gasteiger partial charge on any atom is 0.241 e. The summed E-state index contributed by atoms with van der Waals surface area (Å²) in [4.78, 5) is 10.3. The molecule has 0 radical (unpaired) electrons. The van der Waals surface area contributed by atoms with Gasteiger partial charge in [-0.25, -0.2) is 0 Å². The predicted molar refractivity (Wildman–Crippen MR) is 39.5 cm³/mol. The minimum Gasteiger partial charge on any atom is -0.366 e. The summed E-state index contributed by atoms with van der Waals surface area (Å²) in [6.07, 6.45) is 2.73. The number of carbonyl (C=O) groups excluding carboxylic acids is 1. The normalized spacial score (nSPS) is 10.6. The summed E-state index contributed by atoms with van der Waals surface area (Å²) in [6.45, 7) is 1.77. The van der Waals surface area contributed by atoms with Crippen molar-refractivity contribution in [3.05, 3.63) is 23.6 Å². The van der Waals surface area contributed by atoms with Crippen LogP contribution >= 0.6 is 0 Å². The maximum absolute atomic E-state index is 10.3. The summed E-state index contributed by atoms with van der Waals surface area (Å²) in [7, 11) is 0. The van der Waals surface area contributed by atoms with Crippen molar-refractivity contribution in [3.8, 4) is 0 Å². The fourth-order valence-corrected chi connectivity index (χ4v) is 0.632. The molecule has 1 heterocycles. The molecule has 0 aliphatic rings. The van der Waals surface area contributed by atoms with E-state index in [-0.39, 0.29) is 0 Å². The zero-order valence-corrected chi connectivity index (χ0v) is 6.07. The first-order chi connectivity index (χ1) is 5.18. The number of carbonyl (C=O) groups is 1. The van der Waals surface area contributed by atoms with Gasteiger partial charge in [0.1, 0.15) is 11.5 Å². The van der Waals surface area contributed by atoms with Gasteiger partial charge in [0.15, 0.2) is 0 Å². The van der Waals surface area contributed by atoms with Crippen LogP contribution in [0.2, 0.25) is 0 Å². The van der Waals surface area contributed by atoms with E-state index < -0.39 is 5.91 Å². The second-order valence-corrected chi connectivity index (χ2v) is 2.10. The summed E-state index contributed by atoms with van der Waals surface area (Å²) in [6, 6.07) is 1.71. The molecule has 11 heavy (non-hydrogen) atoms. The van der Waals surface area contributed by atoms with E-state index in [0.717, 1.165) is 0 Å². The van der Waals surface area contributed by atoms with Gasteiger partial charge < -0.3 is 10.3 Å². The molecule has 0 fully saturated rings. The SMILES string of the molecule is Cc1cc(/C=C\C(N)=O)no1. The van der Waals surface area contributed by atoms with E-state index >= 15 is 0 Å². The number of aromatic nitrogens is 1. The van der Waals surface area contributed by atoms with Crippen LogP contribution in [0, 0.1) is 6.92 Å².